The van der Waals surface area contributed by atoms with Crippen molar-refractivity contribution in [1.29, 1.82) is 0 Å². The summed E-state index contributed by atoms with van der Waals surface area (Å²) in [6.07, 6.45) is 0.690. The first-order valence-electron chi connectivity index (χ1n) is 4.66. The summed E-state index contributed by atoms with van der Waals surface area (Å²) in [7, 11) is 0. The molecule has 0 saturated carbocycles. The Morgan fingerprint density at radius 3 is 3.13 bits per heavy atom. The smallest absolute Gasteiger partial charge is 0.223 e. The Balaban J connectivity index is 2.27. The van der Waals surface area contributed by atoms with Gasteiger partial charge in [0.1, 0.15) is 10.6 Å². The van der Waals surface area contributed by atoms with Crippen molar-refractivity contribution in [2.75, 3.05) is 24.2 Å². The van der Waals surface area contributed by atoms with Crippen molar-refractivity contribution in [3.05, 3.63) is 11.4 Å². The molecule has 2 rings (SSSR count). The van der Waals surface area contributed by atoms with Crippen LogP contribution in [0.1, 0.15) is 6.42 Å². The Labute approximate surface area is 91.0 Å². The molecule has 0 amide bonds. The van der Waals surface area contributed by atoms with Crippen molar-refractivity contribution >= 4 is 33.3 Å². The van der Waals surface area contributed by atoms with Crippen LogP contribution in [0.2, 0.25) is 0 Å². The van der Waals surface area contributed by atoms with Gasteiger partial charge in [0.05, 0.1) is 5.39 Å². The van der Waals surface area contributed by atoms with Gasteiger partial charge in [-0.25, -0.2) is 4.98 Å². The fourth-order valence-corrected chi connectivity index (χ4v) is 2.06. The van der Waals surface area contributed by atoms with Crippen molar-refractivity contribution in [2.45, 2.75) is 6.42 Å². The maximum absolute atomic E-state index is 8.68. The number of nitrogens with zero attached hydrogens (tertiary/aromatic N) is 2. The Hall–Kier alpha value is -1.40. The molecule has 4 N–H and O–H groups in total. The summed E-state index contributed by atoms with van der Waals surface area (Å²) >= 11 is 1.53. The number of hydrogen-bond donors (Lipinski definition) is 3. The first-order chi connectivity index (χ1) is 7.31. The van der Waals surface area contributed by atoms with Gasteiger partial charge in [0.25, 0.3) is 0 Å². The maximum atomic E-state index is 8.68. The van der Waals surface area contributed by atoms with Gasteiger partial charge < -0.3 is 16.2 Å². The topological polar surface area (TPSA) is 84.1 Å². The molecule has 0 radical (unpaired) electrons. The fourth-order valence-electron chi connectivity index (χ4n) is 1.29. The minimum Gasteiger partial charge on any atom is -0.396 e. The number of aliphatic hydroxyl groups is 1. The van der Waals surface area contributed by atoms with Gasteiger partial charge in [-0.05, 0) is 17.9 Å². The highest BCUT2D eigenvalue weighted by molar-refractivity contribution is 7.16. The van der Waals surface area contributed by atoms with E-state index in [-0.39, 0.29) is 12.6 Å². The molecular formula is C9H12N4OS. The number of nitrogen functional groups attached to an aromatic ring is 1. The second kappa shape index (κ2) is 4.41. The molecule has 0 saturated heterocycles. The second-order valence-corrected chi connectivity index (χ2v) is 3.97. The van der Waals surface area contributed by atoms with Crippen molar-refractivity contribution in [3.8, 4) is 0 Å². The van der Waals surface area contributed by atoms with E-state index in [1.54, 1.807) is 0 Å². The number of aromatic nitrogens is 2. The van der Waals surface area contributed by atoms with Crippen molar-refractivity contribution in [2.24, 2.45) is 0 Å². The number of fused-ring (bicyclic) bond motifs is 1. The van der Waals surface area contributed by atoms with E-state index in [2.05, 4.69) is 15.3 Å². The highest BCUT2D eigenvalue weighted by Crippen LogP contribution is 2.25. The van der Waals surface area contributed by atoms with E-state index in [9.17, 15) is 0 Å². The Bertz CT molecular complexity index is 456. The molecule has 80 valence electrons. The molecule has 0 aliphatic heterocycles. The number of nitrogens with one attached hydrogen (secondary N) is 1. The first-order valence-corrected chi connectivity index (χ1v) is 5.54. The summed E-state index contributed by atoms with van der Waals surface area (Å²) in [5, 5.41) is 14.7. The molecule has 6 heteroatoms. The Kier molecular flexibility index (Phi) is 2.98. The van der Waals surface area contributed by atoms with Gasteiger partial charge in [-0.2, -0.15) is 4.98 Å². The van der Waals surface area contributed by atoms with Crippen molar-refractivity contribution < 1.29 is 5.11 Å². The zero-order chi connectivity index (χ0) is 10.7. The minimum absolute atomic E-state index is 0.167. The van der Waals surface area contributed by atoms with E-state index in [0.29, 0.717) is 13.0 Å². The van der Waals surface area contributed by atoms with Crippen LogP contribution >= 0.6 is 11.3 Å². The van der Waals surface area contributed by atoms with Gasteiger partial charge in [0.15, 0.2) is 0 Å². The fraction of sp³-hybridized carbons (Fsp3) is 0.333. The van der Waals surface area contributed by atoms with Gasteiger partial charge >= 0.3 is 0 Å². The van der Waals surface area contributed by atoms with Crippen LogP contribution in [-0.2, 0) is 0 Å². The average molecular weight is 224 g/mol. The third-order valence-electron chi connectivity index (χ3n) is 1.97. The van der Waals surface area contributed by atoms with Crippen LogP contribution in [0.3, 0.4) is 0 Å². The van der Waals surface area contributed by atoms with Gasteiger partial charge in [0, 0.05) is 13.2 Å². The number of thiophene rings is 1. The summed E-state index contributed by atoms with van der Waals surface area (Å²) in [4.78, 5) is 9.13. The molecule has 2 aromatic heterocycles. The third kappa shape index (κ3) is 2.16. The third-order valence-corrected chi connectivity index (χ3v) is 2.78. The van der Waals surface area contributed by atoms with Crippen LogP contribution in [-0.4, -0.2) is 28.2 Å². The summed E-state index contributed by atoms with van der Waals surface area (Å²) < 4.78 is 0. The molecule has 0 spiro atoms. The molecule has 0 aliphatic carbocycles. The molecular weight excluding hydrogens is 212 g/mol. The first kappa shape index (κ1) is 10.1. The summed E-state index contributed by atoms with van der Waals surface area (Å²) in [5.41, 5.74) is 5.58. The molecule has 0 fully saturated rings. The van der Waals surface area contributed by atoms with Crippen LogP contribution in [0.25, 0.3) is 10.2 Å². The molecule has 5 nitrogen and oxygen atoms in total. The average Bonchev–Trinajstić information content (AvgIpc) is 2.65. The summed E-state index contributed by atoms with van der Waals surface area (Å²) in [6, 6.07) is 1.96. The van der Waals surface area contributed by atoms with E-state index >= 15 is 0 Å². The Morgan fingerprint density at radius 1 is 1.47 bits per heavy atom. The van der Waals surface area contributed by atoms with Crippen LogP contribution in [0.5, 0.6) is 0 Å². The highest BCUT2D eigenvalue weighted by Gasteiger charge is 2.06. The lowest BCUT2D eigenvalue weighted by molar-refractivity contribution is 0.292. The summed E-state index contributed by atoms with van der Waals surface area (Å²) in [5.74, 6) is 1.02. The van der Waals surface area contributed by atoms with Crippen LogP contribution in [0, 0.1) is 0 Å². The van der Waals surface area contributed by atoms with E-state index < -0.39 is 0 Å². The van der Waals surface area contributed by atoms with E-state index in [0.717, 1.165) is 16.0 Å². The number of hydrogen-bond acceptors (Lipinski definition) is 6. The van der Waals surface area contributed by atoms with Crippen LogP contribution in [0.15, 0.2) is 11.4 Å². The van der Waals surface area contributed by atoms with Gasteiger partial charge in [0.2, 0.25) is 5.95 Å². The van der Waals surface area contributed by atoms with Crippen molar-refractivity contribution in [1.82, 2.24) is 9.97 Å². The van der Waals surface area contributed by atoms with Crippen LogP contribution < -0.4 is 11.1 Å². The molecule has 0 aromatic carbocycles. The largest absolute Gasteiger partial charge is 0.396 e. The monoisotopic (exact) mass is 224 g/mol. The van der Waals surface area contributed by atoms with Crippen molar-refractivity contribution in [3.63, 3.8) is 0 Å². The lowest BCUT2D eigenvalue weighted by Crippen LogP contribution is -2.07. The Morgan fingerprint density at radius 2 is 2.33 bits per heavy atom. The van der Waals surface area contributed by atoms with E-state index in [1.165, 1.54) is 11.3 Å². The number of nitrogens with two attached hydrogens (primary N) is 1. The summed E-state index contributed by atoms with van der Waals surface area (Å²) in [6.45, 7) is 0.845. The molecule has 0 aliphatic rings. The molecule has 0 unspecified atom stereocenters. The van der Waals surface area contributed by atoms with Crippen LogP contribution in [0.4, 0.5) is 11.8 Å². The molecule has 0 bridgehead atoms. The molecule has 2 aromatic rings. The number of aliphatic hydroxyl groups excluding tert-OH is 1. The lowest BCUT2D eigenvalue weighted by atomic mass is 10.3. The number of anilines is 2. The van der Waals surface area contributed by atoms with Gasteiger partial charge in [-0.1, -0.05) is 0 Å². The quantitative estimate of drug-likeness (QED) is 0.676. The predicted molar refractivity (Wildman–Crippen MR) is 62.0 cm³/mol. The lowest BCUT2D eigenvalue weighted by Gasteiger charge is -2.05. The molecule has 0 atom stereocenters. The highest BCUT2D eigenvalue weighted by atomic mass is 32.1. The van der Waals surface area contributed by atoms with Gasteiger partial charge in [-0.15, -0.1) is 11.3 Å². The second-order valence-electron chi connectivity index (χ2n) is 3.07. The van der Waals surface area contributed by atoms with Gasteiger partial charge in [-0.3, -0.25) is 0 Å². The predicted octanol–water partition coefficient (Wildman–Crippen LogP) is 1.07. The minimum atomic E-state index is 0.167. The zero-order valence-electron chi connectivity index (χ0n) is 8.10. The maximum Gasteiger partial charge on any atom is 0.223 e. The molecule has 2 heterocycles. The molecule has 15 heavy (non-hydrogen) atoms. The SMILES string of the molecule is Nc1nc(NCCCO)c2ccsc2n1. The number of rotatable bonds is 4. The standard InChI is InChI=1S/C9H12N4OS/c10-9-12-7(11-3-1-4-14)6-2-5-15-8(6)13-9/h2,5,14H,1,3-4H2,(H3,10,11,12,13). The zero-order valence-corrected chi connectivity index (χ0v) is 8.92. The van der Waals surface area contributed by atoms with E-state index in [1.807, 2.05) is 11.4 Å². The van der Waals surface area contributed by atoms with E-state index in [4.69, 9.17) is 10.8 Å². The normalized spacial score (nSPS) is 10.7.